The van der Waals surface area contributed by atoms with Crippen molar-refractivity contribution in [2.45, 2.75) is 95.9 Å². The number of carbonyl (C=O) groups excluding carboxylic acids is 2. The fraction of sp³-hybridized carbons (Fsp3) is 0.692. The van der Waals surface area contributed by atoms with Crippen molar-refractivity contribution in [3.8, 4) is 0 Å². The highest BCUT2D eigenvalue weighted by molar-refractivity contribution is 7.09. The van der Waals surface area contributed by atoms with Gasteiger partial charge in [0.05, 0.1) is 18.3 Å². The molecule has 2 amide bonds. The van der Waals surface area contributed by atoms with Crippen molar-refractivity contribution in [1.82, 2.24) is 29.7 Å². The quantitative estimate of drug-likeness (QED) is 0.635. The number of amides is 2. The summed E-state index contributed by atoms with van der Waals surface area (Å²) < 4.78 is 2.53. The molecule has 8 nitrogen and oxygen atoms in total. The minimum Gasteiger partial charge on any atom is -0.347 e. The van der Waals surface area contributed by atoms with Crippen LogP contribution in [0.4, 0.5) is 0 Å². The number of piperidine rings is 1. The Bertz CT molecular complexity index is 1080. The van der Waals surface area contributed by atoms with E-state index in [0.29, 0.717) is 30.6 Å². The fourth-order valence-corrected chi connectivity index (χ4v) is 7.53. The molecule has 3 atom stereocenters. The lowest BCUT2D eigenvalue weighted by atomic mass is 9.95. The molecule has 3 aliphatic heterocycles. The number of carbonyl (C=O) groups is 2. The molecule has 0 aromatic carbocycles. The summed E-state index contributed by atoms with van der Waals surface area (Å²) in [5.74, 6) is 1.73. The monoisotopic (exact) mass is 496 g/mol. The molecular formula is C26H36N6O2S. The number of nitrogens with one attached hydrogen (secondary N) is 1. The molecule has 1 aliphatic carbocycles. The first kappa shape index (κ1) is 23.2. The normalized spacial score (nSPS) is 27.0. The van der Waals surface area contributed by atoms with Gasteiger partial charge in [0.25, 0.3) is 0 Å². The molecule has 0 radical (unpaired) electrons. The van der Waals surface area contributed by atoms with E-state index in [-0.39, 0.29) is 17.9 Å². The molecule has 1 saturated carbocycles. The second-order valence-corrected chi connectivity index (χ2v) is 11.8. The van der Waals surface area contributed by atoms with Crippen molar-refractivity contribution in [2.24, 2.45) is 5.92 Å². The van der Waals surface area contributed by atoms with Crippen molar-refractivity contribution in [3.05, 3.63) is 33.8 Å². The molecule has 2 aromatic heterocycles. The van der Waals surface area contributed by atoms with Crippen molar-refractivity contribution < 1.29 is 9.59 Å². The maximum Gasteiger partial charge on any atom is 0.226 e. The number of aryl methyl sites for hydroxylation is 1. The number of rotatable bonds is 7. The van der Waals surface area contributed by atoms with E-state index in [0.717, 1.165) is 68.1 Å². The first-order valence-corrected chi connectivity index (χ1v) is 14.1. The van der Waals surface area contributed by atoms with Crippen molar-refractivity contribution in [3.63, 3.8) is 0 Å². The Hall–Kier alpha value is -2.26. The topological polar surface area (TPSA) is 83.4 Å². The zero-order chi connectivity index (χ0) is 24.1. The summed E-state index contributed by atoms with van der Waals surface area (Å²) in [6, 6.07) is 1.66. The van der Waals surface area contributed by atoms with Crippen LogP contribution < -0.4 is 5.32 Å². The molecule has 188 valence electrons. The predicted molar refractivity (Wildman–Crippen MR) is 134 cm³/mol. The van der Waals surface area contributed by atoms with Crippen LogP contribution in [-0.2, 0) is 22.6 Å². The van der Waals surface area contributed by atoms with E-state index in [2.05, 4.69) is 26.7 Å². The van der Waals surface area contributed by atoms with Gasteiger partial charge in [-0.2, -0.15) is 0 Å². The molecule has 6 rings (SSSR count). The summed E-state index contributed by atoms with van der Waals surface area (Å²) in [5, 5.41) is 6.09. The summed E-state index contributed by atoms with van der Waals surface area (Å²) in [6.45, 7) is 6.24. The van der Waals surface area contributed by atoms with Crippen LogP contribution in [0.2, 0.25) is 0 Å². The lowest BCUT2D eigenvalue weighted by Crippen LogP contribution is -2.45. The second-order valence-electron chi connectivity index (χ2n) is 10.9. The summed E-state index contributed by atoms with van der Waals surface area (Å²) in [7, 11) is 0. The number of thiazole rings is 1. The Kier molecular flexibility index (Phi) is 6.16. The Labute approximate surface area is 211 Å². The molecule has 3 fully saturated rings. The molecule has 4 aliphatic rings. The standard InChI is InChI=1S/C26H36N6O2S/c1-16-28-23-15-30(26(34)18-3-4-18)10-8-24(23)32(16)21-13-19-5-6-20(14-21)31(19)11-7-22(29-17(2)33)25-27-9-12-35-25/h9,12,18-22H,3-8,10-11,13-15H2,1-2H3,(H,29,33)/t19?,20?,21?,22-/m0/s1. The highest BCUT2D eigenvalue weighted by atomic mass is 32.1. The largest absolute Gasteiger partial charge is 0.347 e. The molecule has 9 heteroatoms. The minimum absolute atomic E-state index is 0.00429. The number of imidazole rings is 1. The lowest BCUT2D eigenvalue weighted by Gasteiger charge is -2.41. The zero-order valence-corrected chi connectivity index (χ0v) is 21.6. The SMILES string of the molecule is CC(=O)N[C@@H](CCN1C2CCC1CC(n1c(C)nc3c1CCN(C(=O)C1CC1)C3)C2)c1nccs1. The van der Waals surface area contributed by atoms with E-state index in [1.807, 2.05) is 16.5 Å². The number of aromatic nitrogens is 3. The van der Waals surface area contributed by atoms with Crippen LogP contribution in [0.15, 0.2) is 11.6 Å². The van der Waals surface area contributed by atoms with Gasteiger partial charge in [0.2, 0.25) is 11.8 Å². The van der Waals surface area contributed by atoms with Gasteiger partial charge in [0.15, 0.2) is 0 Å². The highest BCUT2D eigenvalue weighted by Crippen LogP contribution is 2.43. The van der Waals surface area contributed by atoms with Gasteiger partial charge in [0.1, 0.15) is 10.8 Å². The van der Waals surface area contributed by atoms with Crippen molar-refractivity contribution in [2.75, 3.05) is 13.1 Å². The van der Waals surface area contributed by atoms with Gasteiger partial charge in [-0.3, -0.25) is 14.5 Å². The van der Waals surface area contributed by atoms with Gasteiger partial charge in [0, 0.05) is 67.7 Å². The van der Waals surface area contributed by atoms with Crippen LogP contribution in [0.25, 0.3) is 0 Å². The van der Waals surface area contributed by atoms with E-state index in [1.165, 1.54) is 18.5 Å². The Morgan fingerprint density at radius 1 is 1.17 bits per heavy atom. The Balaban J connectivity index is 1.13. The van der Waals surface area contributed by atoms with Gasteiger partial charge < -0.3 is 14.8 Å². The first-order valence-electron chi connectivity index (χ1n) is 13.3. The van der Waals surface area contributed by atoms with Crippen LogP contribution in [0, 0.1) is 12.8 Å². The van der Waals surface area contributed by atoms with Gasteiger partial charge in [-0.1, -0.05) is 0 Å². The van der Waals surface area contributed by atoms with Crippen LogP contribution in [-0.4, -0.2) is 61.3 Å². The fourth-order valence-electron chi connectivity index (χ4n) is 6.81. The number of nitrogens with zero attached hydrogens (tertiary/aromatic N) is 5. The summed E-state index contributed by atoms with van der Waals surface area (Å²) in [6.07, 6.45) is 10.6. The van der Waals surface area contributed by atoms with Crippen LogP contribution >= 0.6 is 11.3 Å². The third kappa shape index (κ3) is 4.53. The predicted octanol–water partition coefficient (Wildman–Crippen LogP) is 3.38. The average Bonchev–Trinajstić information content (AvgIpc) is 3.34. The summed E-state index contributed by atoms with van der Waals surface area (Å²) in [5.41, 5.74) is 2.49. The molecule has 2 unspecified atom stereocenters. The summed E-state index contributed by atoms with van der Waals surface area (Å²) in [4.78, 5) is 38.5. The van der Waals surface area contributed by atoms with Gasteiger partial charge in [-0.05, 0) is 51.9 Å². The molecule has 2 aromatic rings. The van der Waals surface area contributed by atoms with E-state index < -0.39 is 0 Å². The van der Waals surface area contributed by atoms with Crippen molar-refractivity contribution in [1.29, 1.82) is 0 Å². The Morgan fingerprint density at radius 3 is 2.60 bits per heavy atom. The number of hydrogen-bond acceptors (Lipinski definition) is 6. The smallest absolute Gasteiger partial charge is 0.226 e. The minimum atomic E-state index is -0.00571. The second kappa shape index (κ2) is 9.32. The third-order valence-corrected chi connectivity index (χ3v) is 9.38. The van der Waals surface area contributed by atoms with E-state index >= 15 is 0 Å². The first-order chi connectivity index (χ1) is 17.0. The van der Waals surface area contributed by atoms with Gasteiger partial charge in [-0.15, -0.1) is 11.3 Å². The maximum atomic E-state index is 12.6. The molecule has 2 bridgehead atoms. The van der Waals surface area contributed by atoms with E-state index in [1.54, 1.807) is 18.3 Å². The maximum absolute atomic E-state index is 12.6. The molecule has 0 spiro atoms. The molecule has 5 heterocycles. The van der Waals surface area contributed by atoms with Gasteiger partial charge in [-0.25, -0.2) is 9.97 Å². The van der Waals surface area contributed by atoms with Crippen LogP contribution in [0.1, 0.15) is 86.2 Å². The van der Waals surface area contributed by atoms with Crippen LogP contribution in [0.3, 0.4) is 0 Å². The molecule has 35 heavy (non-hydrogen) atoms. The lowest BCUT2D eigenvalue weighted by molar-refractivity contribution is -0.133. The third-order valence-electron chi connectivity index (χ3n) is 8.49. The van der Waals surface area contributed by atoms with E-state index in [4.69, 9.17) is 4.98 Å². The molecule has 2 saturated heterocycles. The number of hydrogen-bond donors (Lipinski definition) is 1. The summed E-state index contributed by atoms with van der Waals surface area (Å²) >= 11 is 1.62. The highest BCUT2D eigenvalue weighted by Gasteiger charge is 2.43. The average molecular weight is 497 g/mol. The van der Waals surface area contributed by atoms with Gasteiger partial charge >= 0.3 is 0 Å². The number of fused-ring (bicyclic) bond motifs is 3. The molecular weight excluding hydrogens is 460 g/mol. The zero-order valence-electron chi connectivity index (χ0n) is 20.8. The molecule has 1 N–H and O–H groups in total. The van der Waals surface area contributed by atoms with E-state index in [9.17, 15) is 9.59 Å². The van der Waals surface area contributed by atoms with Crippen LogP contribution in [0.5, 0.6) is 0 Å². The Morgan fingerprint density at radius 2 is 1.94 bits per heavy atom. The van der Waals surface area contributed by atoms with Crippen molar-refractivity contribution >= 4 is 23.2 Å².